The van der Waals surface area contributed by atoms with Gasteiger partial charge in [0.15, 0.2) is 16.6 Å². The molecule has 0 radical (unpaired) electrons. The highest BCUT2D eigenvalue weighted by molar-refractivity contribution is 7.80. The standard InChI is InChI=1S/C27H27F3N2O4S/c1-33-20-8-10-21(11-9-20)36-16-23-22-15-25(35-3)24(34-2)14-17(22)12-13-32(23)26(37)31-19-6-4-18(5-7-19)27(28,29)30/h4-11,14-15,23H,12-13,16H2,1-3H3,(H,31,37)/t23-/m1/s1. The van der Waals surface area contributed by atoms with Crippen molar-refractivity contribution in [1.82, 2.24) is 4.90 Å². The number of ether oxygens (including phenoxy) is 4. The number of hydrogen-bond donors (Lipinski definition) is 1. The topological polar surface area (TPSA) is 52.2 Å². The Kier molecular flexibility index (Phi) is 7.97. The Bertz CT molecular complexity index is 1230. The van der Waals surface area contributed by atoms with Crippen molar-refractivity contribution < 1.29 is 32.1 Å². The second-order valence-corrected chi connectivity index (χ2v) is 8.74. The number of thiocarbonyl (C=S) groups is 1. The Balaban J connectivity index is 1.60. The Morgan fingerprint density at radius 1 is 0.919 bits per heavy atom. The molecule has 0 bridgehead atoms. The Labute approximate surface area is 218 Å². The molecular formula is C27H27F3N2O4S. The summed E-state index contributed by atoms with van der Waals surface area (Å²) in [4.78, 5) is 1.98. The number of nitrogens with zero attached hydrogens (tertiary/aromatic N) is 1. The van der Waals surface area contributed by atoms with E-state index in [4.69, 9.17) is 31.2 Å². The van der Waals surface area contributed by atoms with Crippen molar-refractivity contribution in [3.8, 4) is 23.0 Å². The lowest BCUT2D eigenvalue weighted by molar-refractivity contribution is -0.137. The van der Waals surface area contributed by atoms with Gasteiger partial charge in [-0.1, -0.05) is 0 Å². The van der Waals surface area contributed by atoms with E-state index in [2.05, 4.69) is 5.32 Å². The van der Waals surface area contributed by atoms with E-state index in [1.165, 1.54) is 12.1 Å². The van der Waals surface area contributed by atoms with Crippen molar-refractivity contribution in [3.63, 3.8) is 0 Å². The van der Waals surface area contributed by atoms with Gasteiger partial charge in [-0.2, -0.15) is 13.2 Å². The Morgan fingerprint density at radius 3 is 2.14 bits per heavy atom. The zero-order valence-corrected chi connectivity index (χ0v) is 21.4. The molecule has 0 saturated carbocycles. The molecule has 0 fully saturated rings. The Morgan fingerprint density at radius 2 is 1.54 bits per heavy atom. The summed E-state index contributed by atoms with van der Waals surface area (Å²) < 4.78 is 61.2. The minimum absolute atomic E-state index is 0.268. The van der Waals surface area contributed by atoms with Crippen LogP contribution < -0.4 is 24.3 Å². The van der Waals surface area contributed by atoms with Crippen molar-refractivity contribution in [2.75, 3.05) is 39.8 Å². The lowest BCUT2D eigenvalue weighted by Gasteiger charge is -2.39. The highest BCUT2D eigenvalue weighted by Gasteiger charge is 2.32. The van der Waals surface area contributed by atoms with E-state index >= 15 is 0 Å². The largest absolute Gasteiger partial charge is 0.497 e. The SMILES string of the molecule is COc1ccc(OC[C@@H]2c3cc(OC)c(OC)cc3CCN2C(=S)Nc2ccc(C(F)(F)F)cc2)cc1. The molecule has 0 aromatic heterocycles. The first-order valence-corrected chi connectivity index (χ1v) is 11.9. The van der Waals surface area contributed by atoms with Gasteiger partial charge in [-0.15, -0.1) is 0 Å². The smallest absolute Gasteiger partial charge is 0.416 e. The zero-order chi connectivity index (χ0) is 26.6. The molecule has 3 aromatic carbocycles. The van der Waals surface area contributed by atoms with Crippen molar-refractivity contribution in [2.45, 2.75) is 18.6 Å². The van der Waals surface area contributed by atoms with Crippen LogP contribution in [0.3, 0.4) is 0 Å². The molecule has 0 saturated heterocycles. The van der Waals surface area contributed by atoms with Crippen LogP contribution in [0.4, 0.5) is 18.9 Å². The van der Waals surface area contributed by atoms with E-state index < -0.39 is 11.7 Å². The summed E-state index contributed by atoms with van der Waals surface area (Å²) in [5, 5.41) is 3.46. The Hall–Kier alpha value is -3.66. The molecule has 0 aliphatic carbocycles. The van der Waals surface area contributed by atoms with Gasteiger partial charge < -0.3 is 29.2 Å². The van der Waals surface area contributed by atoms with Gasteiger partial charge in [0.05, 0.1) is 32.9 Å². The van der Waals surface area contributed by atoms with Gasteiger partial charge in [-0.05, 0) is 90.4 Å². The highest BCUT2D eigenvalue weighted by atomic mass is 32.1. The van der Waals surface area contributed by atoms with Gasteiger partial charge in [0.25, 0.3) is 0 Å². The summed E-state index contributed by atoms with van der Waals surface area (Å²) in [7, 11) is 4.76. The fraction of sp³-hybridized carbons (Fsp3) is 0.296. The van der Waals surface area contributed by atoms with Crippen LogP contribution in [0.15, 0.2) is 60.7 Å². The van der Waals surface area contributed by atoms with Gasteiger partial charge in [0, 0.05) is 12.2 Å². The maximum absolute atomic E-state index is 13.0. The number of anilines is 1. The van der Waals surface area contributed by atoms with Crippen LogP contribution in [-0.2, 0) is 12.6 Å². The summed E-state index contributed by atoms with van der Waals surface area (Å²) in [6, 6.07) is 15.6. The van der Waals surface area contributed by atoms with E-state index in [0.29, 0.717) is 41.0 Å². The van der Waals surface area contributed by atoms with Gasteiger partial charge in [0.2, 0.25) is 0 Å². The molecule has 1 N–H and O–H groups in total. The predicted octanol–water partition coefficient (Wildman–Crippen LogP) is 6.11. The van der Waals surface area contributed by atoms with Crippen molar-refractivity contribution >= 4 is 23.0 Å². The molecule has 0 spiro atoms. The van der Waals surface area contributed by atoms with Crippen LogP contribution in [0.5, 0.6) is 23.0 Å². The van der Waals surface area contributed by atoms with E-state index in [-0.39, 0.29) is 12.6 Å². The summed E-state index contributed by atoms with van der Waals surface area (Å²) in [5.41, 5.74) is 1.79. The number of benzene rings is 3. The quantitative estimate of drug-likeness (QED) is 0.369. The van der Waals surface area contributed by atoms with Crippen molar-refractivity contribution in [2.24, 2.45) is 0 Å². The first kappa shape index (κ1) is 26.4. The molecule has 1 heterocycles. The predicted molar refractivity (Wildman–Crippen MR) is 139 cm³/mol. The average molecular weight is 533 g/mol. The molecule has 4 rings (SSSR count). The number of methoxy groups -OCH3 is 3. The number of fused-ring (bicyclic) bond motifs is 1. The molecule has 1 atom stereocenters. The number of nitrogens with one attached hydrogen (secondary N) is 1. The number of alkyl halides is 3. The van der Waals surface area contributed by atoms with Crippen molar-refractivity contribution in [3.05, 3.63) is 77.4 Å². The van der Waals surface area contributed by atoms with Crippen molar-refractivity contribution in [1.29, 1.82) is 0 Å². The third-order valence-corrected chi connectivity index (χ3v) is 6.53. The van der Waals surface area contributed by atoms with Gasteiger partial charge in [-0.3, -0.25) is 0 Å². The lowest BCUT2D eigenvalue weighted by Crippen LogP contribution is -2.44. The minimum Gasteiger partial charge on any atom is -0.497 e. The molecule has 0 unspecified atom stereocenters. The first-order chi connectivity index (χ1) is 17.7. The van der Waals surface area contributed by atoms with Crippen LogP contribution in [-0.4, -0.2) is 44.5 Å². The van der Waals surface area contributed by atoms with Crippen LogP contribution in [0.2, 0.25) is 0 Å². The minimum atomic E-state index is -4.40. The fourth-order valence-electron chi connectivity index (χ4n) is 4.24. The molecule has 37 heavy (non-hydrogen) atoms. The number of halogens is 3. The van der Waals surface area contributed by atoms with E-state index in [1.807, 2.05) is 41.3 Å². The lowest BCUT2D eigenvalue weighted by atomic mass is 9.92. The molecule has 10 heteroatoms. The monoisotopic (exact) mass is 532 g/mol. The first-order valence-electron chi connectivity index (χ1n) is 11.5. The molecule has 1 aliphatic heterocycles. The molecular weight excluding hydrogens is 505 g/mol. The highest BCUT2D eigenvalue weighted by Crippen LogP contribution is 2.39. The van der Waals surface area contributed by atoms with E-state index in [0.717, 1.165) is 29.0 Å². The van der Waals surface area contributed by atoms with Crippen LogP contribution >= 0.6 is 12.2 Å². The van der Waals surface area contributed by atoms with E-state index in [9.17, 15) is 13.2 Å². The molecule has 3 aromatic rings. The third kappa shape index (κ3) is 6.02. The second kappa shape index (κ2) is 11.2. The summed E-state index contributed by atoms with van der Waals surface area (Å²) in [6.07, 6.45) is -3.72. The maximum Gasteiger partial charge on any atom is 0.416 e. The van der Waals surface area contributed by atoms with Gasteiger partial charge >= 0.3 is 6.18 Å². The molecule has 6 nitrogen and oxygen atoms in total. The van der Waals surface area contributed by atoms with Gasteiger partial charge in [-0.25, -0.2) is 0 Å². The average Bonchev–Trinajstić information content (AvgIpc) is 2.90. The van der Waals surface area contributed by atoms with Gasteiger partial charge in [0.1, 0.15) is 18.1 Å². The zero-order valence-electron chi connectivity index (χ0n) is 20.6. The third-order valence-electron chi connectivity index (χ3n) is 6.19. The fourth-order valence-corrected chi connectivity index (χ4v) is 4.57. The van der Waals surface area contributed by atoms with Crippen LogP contribution in [0.1, 0.15) is 22.7 Å². The molecule has 196 valence electrons. The summed E-state index contributed by atoms with van der Waals surface area (Å²) >= 11 is 5.71. The molecule has 1 aliphatic rings. The second-order valence-electron chi connectivity index (χ2n) is 8.36. The van der Waals surface area contributed by atoms with Crippen LogP contribution in [0.25, 0.3) is 0 Å². The van der Waals surface area contributed by atoms with E-state index in [1.54, 1.807) is 21.3 Å². The maximum atomic E-state index is 13.0. The normalized spacial score (nSPS) is 15.0. The van der Waals surface area contributed by atoms with Crippen LogP contribution in [0, 0.1) is 0 Å². The molecule has 0 amide bonds. The number of rotatable bonds is 7. The summed E-state index contributed by atoms with van der Waals surface area (Å²) in [5.74, 6) is 2.60. The number of hydrogen-bond acceptors (Lipinski definition) is 5. The summed E-state index contributed by atoms with van der Waals surface area (Å²) in [6.45, 7) is 0.842.